The number of carbonyl (C=O) groups excluding carboxylic acids is 1. The minimum absolute atomic E-state index is 0.222. The monoisotopic (exact) mass is 473 g/mol. The Balaban J connectivity index is 1.59. The average Bonchev–Trinajstić information content (AvgIpc) is 3.29. The molecule has 2 heterocycles. The molecule has 174 valence electrons. The molecule has 0 saturated heterocycles. The molecule has 0 saturated carbocycles. The number of ether oxygens (including phenoxy) is 1. The maximum atomic E-state index is 13.4. The van der Waals surface area contributed by atoms with Gasteiger partial charge in [0.25, 0.3) is 5.56 Å². The van der Waals surface area contributed by atoms with Crippen LogP contribution in [0.25, 0.3) is 21.8 Å². The molecule has 0 atom stereocenters. The fourth-order valence-corrected chi connectivity index (χ4v) is 4.45. The van der Waals surface area contributed by atoms with Crippen LogP contribution in [0, 0.1) is 0 Å². The van der Waals surface area contributed by atoms with E-state index in [9.17, 15) is 9.59 Å². The number of nitrogens with zero attached hydrogens (tertiary/aromatic N) is 2. The van der Waals surface area contributed by atoms with Crippen LogP contribution in [0.3, 0.4) is 0 Å². The van der Waals surface area contributed by atoms with Crippen LogP contribution in [0.2, 0.25) is 0 Å². The maximum Gasteiger partial charge on any atom is 0.326 e. The molecule has 0 aliphatic rings. The highest BCUT2D eigenvalue weighted by atomic mass is 32.1. The van der Waals surface area contributed by atoms with Crippen LogP contribution in [0.5, 0.6) is 0 Å². The highest BCUT2D eigenvalue weighted by molar-refractivity contribution is 7.15. The summed E-state index contributed by atoms with van der Waals surface area (Å²) < 4.78 is 6.83. The summed E-state index contributed by atoms with van der Waals surface area (Å²) in [7, 11) is 0. The van der Waals surface area contributed by atoms with E-state index in [-0.39, 0.29) is 12.1 Å². The van der Waals surface area contributed by atoms with Crippen molar-refractivity contribution in [1.82, 2.24) is 9.55 Å². The van der Waals surface area contributed by atoms with Crippen molar-refractivity contribution in [1.29, 1.82) is 0 Å². The van der Waals surface area contributed by atoms with Crippen LogP contribution in [0.1, 0.15) is 25.6 Å². The van der Waals surface area contributed by atoms with Crippen molar-refractivity contribution in [3.05, 3.63) is 94.2 Å². The predicted octanol–water partition coefficient (Wildman–Crippen LogP) is 5.59. The van der Waals surface area contributed by atoms with Gasteiger partial charge in [0, 0.05) is 21.9 Å². The number of anilines is 1. The van der Waals surface area contributed by atoms with E-state index in [0.717, 1.165) is 20.9 Å². The summed E-state index contributed by atoms with van der Waals surface area (Å²) in [6.07, 6.45) is 1.53. The van der Waals surface area contributed by atoms with Crippen molar-refractivity contribution in [3.8, 4) is 21.8 Å². The molecule has 0 spiro atoms. The Hall–Kier alpha value is -3.71. The van der Waals surface area contributed by atoms with E-state index >= 15 is 0 Å². The maximum absolute atomic E-state index is 13.4. The number of carbonyl (C=O) groups is 1. The lowest BCUT2D eigenvalue weighted by molar-refractivity contribution is -0.155. The molecule has 0 amide bonds. The lowest BCUT2D eigenvalue weighted by Gasteiger charge is -2.21. The van der Waals surface area contributed by atoms with Gasteiger partial charge in [0.15, 0.2) is 0 Å². The number of nitrogens with one attached hydrogen (secondary N) is 1. The van der Waals surface area contributed by atoms with Gasteiger partial charge in [0.1, 0.15) is 23.7 Å². The molecule has 4 aromatic rings. The Morgan fingerprint density at radius 3 is 2.26 bits per heavy atom. The van der Waals surface area contributed by atoms with Gasteiger partial charge in [-0.3, -0.25) is 14.2 Å². The Morgan fingerprint density at radius 2 is 1.62 bits per heavy atom. The number of aromatic nitrogens is 2. The zero-order valence-corrected chi connectivity index (χ0v) is 20.3. The Morgan fingerprint density at radius 1 is 0.971 bits per heavy atom. The molecule has 0 aliphatic heterocycles. The van der Waals surface area contributed by atoms with E-state index in [1.54, 1.807) is 32.1 Å². The molecule has 0 aliphatic carbocycles. The molecular weight excluding hydrogens is 446 g/mol. The average molecular weight is 474 g/mol. The Bertz CT molecular complexity index is 1320. The van der Waals surface area contributed by atoms with Gasteiger partial charge < -0.3 is 10.1 Å². The molecule has 4 rings (SSSR count). The van der Waals surface area contributed by atoms with Crippen LogP contribution in [-0.4, -0.2) is 21.1 Å². The second-order valence-electron chi connectivity index (χ2n) is 8.82. The SMILES string of the molecule is CC(C)(C)OC(=O)Cn1c(-c2ccccc2)ncc(NCc2ccc(-c3ccccc3)s2)c1=O. The zero-order valence-electron chi connectivity index (χ0n) is 19.4. The number of rotatable bonds is 7. The fourth-order valence-electron chi connectivity index (χ4n) is 3.49. The topological polar surface area (TPSA) is 73.2 Å². The van der Waals surface area contributed by atoms with Crippen molar-refractivity contribution in [2.24, 2.45) is 0 Å². The summed E-state index contributed by atoms with van der Waals surface area (Å²) in [6.45, 7) is 5.65. The number of thiophene rings is 1. The largest absolute Gasteiger partial charge is 0.459 e. The van der Waals surface area contributed by atoms with E-state index in [0.29, 0.717) is 18.1 Å². The highest BCUT2D eigenvalue weighted by Crippen LogP contribution is 2.28. The first-order chi connectivity index (χ1) is 16.3. The summed E-state index contributed by atoms with van der Waals surface area (Å²) in [6, 6.07) is 23.6. The molecule has 6 nitrogen and oxygen atoms in total. The summed E-state index contributed by atoms with van der Waals surface area (Å²) in [5.41, 5.74) is 1.28. The van der Waals surface area contributed by atoms with Crippen molar-refractivity contribution in [2.45, 2.75) is 39.5 Å². The number of esters is 1. The van der Waals surface area contributed by atoms with Crippen molar-refractivity contribution < 1.29 is 9.53 Å². The molecule has 2 aromatic heterocycles. The van der Waals surface area contributed by atoms with E-state index in [1.807, 2.05) is 54.6 Å². The normalized spacial score (nSPS) is 11.3. The molecular formula is C27H27N3O3S. The van der Waals surface area contributed by atoms with Crippen molar-refractivity contribution in [3.63, 3.8) is 0 Å². The van der Waals surface area contributed by atoms with Gasteiger partial charge in [-0.25, -0.2) is 4.98 Å². The quantitative estimate of drug-likeness (QED) is 0.354. The molecule has 0 bridgehead atoms. The zero-order chi connectivity index (χ0) is 24.1. The predicted molar refractivity (Wildman–Crippen MR) is 137 cm³/mol. The van der Waals surface area contributed by atoms with Gasteiger partial charge in [-0.1, -0.05) is 60.7 Å². The number of hydrogen-bond acceptors (Lipinski definition) is 6. The summed E-state index contributed by atoms with van der Waals surface area (Å²) in [5.74, 6) is -0.0685. The molecule has 0 fully saturated rings. The fraction of sp³-hybridized carbons (Fsp3) is 0.222. The minimum atomic E-state index is -0.646. The lowest BCUT2D eigenvalue weighted by atomic mass is 10.2. The van der Waals surface area contributed by atoms with Crippen LogP contribution in [0.15, 0.2) is 83.8 Å². The number of benzene rings is 2. The third-order valence-electron chi connectivity index (χ3n) is 4.96. The van der Waals surface area contributed by atoms with E-state index in [2.05, 4.69) is 28.5 Å². The van der Waals surface area contributed by atoms with Gasteiger partial charge in [0.2, 0.25) is 0 Å². The van der Waals surface area contributed by atoms with Crippen molar-refractivity contribution >= 4 is 23.0 Å². The van der Waals surface area contributed by atoms with Gasteiger partial charge in [-0.15, -0.1) is 11.3 Å². The van der Waals surface area contributed by atoms with Gasteiger partial charge in [-0.05, 0) is 38.5 Å². The smallest absolute Gasteiger partial charge is 0.326 e. The summed E-state index contributed by atoms with van der Waals surface area (Å²) in [5, 5.41) is 3.20. The van der Waals surface area contributed by atoms with E-state index in [1.165, 1.54) is 10.8 Å². The molecule has 1 N–H and O–H groups in total. The van der Waals surface area contributed by atoms with Gasteiger partial charge in [0.05, 0.1) is 6.20 Å². The van der Waals surface area contributed by atoms with Crippen LogP contribution in [-0.2, 0) is 22.6 Å². The highest BCUT2D eigenvalue weighted by Gasteiger charge is 2.20. The first kappa shape index (κ1) is 23.4. The molecule has 0 unspecified atom stereocenters. The third-order valence-corrected chi connectivity index (χ3v) is 6.09. The molecule has 2 aromatic carbocycles. The van der Waals surface area contributed by atoms with Crippen LogP contribution >= 0.6 is 11.3 Å². The van der Waals surface area contributed by atoms with Crippen LogP contribution < -0.4 is 10.9 Å². The summed E-state index contributed by atoms with van der Waals surface area (Å²) in [4.78, 5) is 32.7. The minimum Gasteiger partial charge on any atom is -0.459 e. The standard InChI is InChI=1S/C27H27N3O3S/c1-27(2,3)33-24(31)18-30-25(20-12-8-5-9-13-20)29-17-22(26(30)32)28-16-21-14-15-23(34-21)19-10-6-4-7-11-19/h4-15,17,28H,16,18H2,1-3H3. The second-order valence-corrected chi connectivity index (χ2v) is 9.99. The first-order valence-electron chi connectivity index (χ1n) is 11.1. The number of hydrogen-bond donors (Lipinski definition) is 1. The molecule has 0 radical (unpaired) electrons. The second kappa shape index (κ2) is 10.1. The molecule has 7 heteroatoms. The lowest BCUT2D eigenvalue weighted by Crippen LogP contribution is -2.32. The summed E-state index contributed by atoms with van der Waals surface area (Å²) >= 11 is 1.67. The molecule has 34 heavy (non-hydrogen) atoms. The third kappa shape index (κ3) is 5.80. The van der Waals surface area contributed by atoms with Gasteiger partial charge >= 0.3 is 5.97 Å². The van der Waals surface area contributed by atoms with Gasteiger partial charge in [-0.2, -0.15) is 0 Å². The van der Waals surface area contributed by atoms with Crippen molar-refractivity contribution in [2.75, 3.05) is 5.32 Å². The Kier molecular flexibility index (Phi) is 6.93. The Labute approximate surface area is 202 Å². The van der Waals surface area contributed by atoms with E-state index < -0.39 is 11.6 Å². The first-order valence-corrected chi connectivity index (χ1v) is 11.9. The van der Waals surface area contributed by atoms with Crippen LogP contribution in [0.4, 0.5) is 5.69 Å². The van der Waals surface area contributed by atoms with E-state index in [4.69, 9.17) is 4.74 Å².